The zero-order chi connectivity index (χ0) is 18.5. The number of rotatable bonds is 5. The van der Waals surface area contributed by atoms with E-state index in [1.807, 2.05) is 53.5 Å². The number of amides is 1. The van der Waals surface area contributed by atoms with Crippen LogP contribution < -0.4 is 10.3 Å². The van der Waals surface area contributed by atoms with Crippen LogP contribution in [0.2, 0.25) is 0 Å². The fraction of sp³-hybridized carbons (Fsp3) is 0.333. The number of ether oxygens (including phenoxy) is 2. The van der Waals surface area contributed by atoms with Crippen LogP contribution in [0.15, 0.2) is 65.8 Å². The minimum absolute atomic E-state index is 0.00335. The third-order valence-corrected chi connectivity index (χ3v) is 4.75. The molecule has 1 saturated heterocycles. The lowest BCUT2D eigenvalue weighted by Crippen LogP contribution is -2.41. The lowest BCUT2D eigenvalue weighted by molar-refractivity contribution is -0.118. The summed E-state index contributed by atoms with van der Waals surface area (Å²) >= 11 is 0. The van der Waals surface area contributed by atoms with E-state index in [0.717, 1.165) is 11.3 Å². The third kappa shape index (κ3) is 4.18. The van der Waals surface area contributed by atoms with E-state index in [0.29, 0.717) is 38.5 Å². The number of hydrogen-bond donors (Lipinski definition) is 1. The highest BCUT2D eigenvalue weighted by atomic mass is 16.6. The molecular weight excluding hydrogens is 342 g/mol. The number of para-hydroxylation sites is 1. The van der Waals surface area contributed by atoms with Gasteiger partial charge in [0, 0.05) is 13.0 Å². The van der Waals surface area contributed by atoms with Crippen LogP contribution in [0.4, 0.5) is 5.69 Å². The molecule has 0 radical (unpaired) electrons. The van der Waals surface area contributed by atoms with Gasteiger partial charge in [-0.2, -0.15) is 5.10 Å². The fourth-order valence-electron chi connectivity index (χ4n) is 3.36. The summed E-state index contributed by atoms with van der Waals surface area (Å²) in [6, 6.07) is 20.1. The Morgan fingerprint density at radius 3 is 2.52 bits per heavy atom. The molecule has 1 fully saturated rings. The number of anilines is 1. The topological polar surface area (TPSA) is 63.2 Å². The predicted molar refractivity (Wildman–Crippen MR) is 104 cm³/mol. The summed E-state index contributed by atoms with van der Waals surface area (Å²) in [5.41, 5.74) is 2.64. The smallest absolute Gasteiger partial charge is 0.267 e. The number of hydrogen-bond acceptors (Lipinski definition) is 5. The van der Waals surface area contributed by atoms with Crippen molar-refractivity contribution in [2.45, 2.75) is 18.6 Å². The van der Waals surface area contributed by atoms with Gasteiger partial charge in [-0.3, -0.25) is 9.80 Å². The van der Waals surface area contributed by atoms with Crippen LogP contribution in [0.1, 0.15) is 18.0 Å². The van der Waals surface area contributed by atoms with Gasteiger partial charge in [-0.05, 0) is 17.7 Å². The first-order chi connectivity index (χ1) is 13.3. The maximum absolute atomic E-state index is 12.7. The minimum atomic E-state index is -0.150. The molecule has 0 saturated carbocycles. The van der Waals surface area contributed by atoms with Gasteiger partial charge in [0.05, 0.1) is 37.7 Å². The van der Waals surface area contributed by atoms with Crippen LogP contribution in [0.5, 0.6) is 0 Å². The second kappa shape index (κ2) is 8.33. The van der Waals surface area contributed by atoms with E-state index in [1.165, 1.54) is 0 Å². The zero-order valence-corrected chi connectivity index (χ0v) is 15.1. The molecule has 0 spiro atoms. The molecule has 2 atom stereocenters. The van der Waals surface area contributed by atoms with Gasteiger partial charge >= 0.3 is 0 Å². The van der Waals surface area contributed by atoms with Gasteiger partial charge in [0.25, 0.3) is 5.91 Å². The lowest BCUT2D eigenvalue weighted by Gasteiger charge is -2.23. The van der Waals surface area contributed by atoms with Crippen molar-refractivity contribution in [3.63, 3.8) is 0 Å². The molecule has 0 aliphatic carbocycles. The number of nitrogens with zero attached hydrogens (tertiary/aromatic N) is 2. The van der Waals surface area contributed by atoms with Crippen molar-refractivity contribution in [2.24, 2.45) is 5.10 Å². The van der Waals surface area contributed by atoms with Crippen molar-refractivity contribution in [3.8, 4) is 0 Å². The summed E-state index contributed by atoms with van der Waals surface area (Å²) in [4.78, 5) is 12.7. The first kappa shape index (κ1) is 17.7. The largest absolute Gasteiger partial charge is 0.376 e. The molecule has 1 N–H and O–H groups in total. The quantitative estimate of drug-likeness (QED) is 0.884. The molecule has 6 heteroatoms. The van der Waals surface area contributed by atoms with E-state index < -0.39 is 0 Å². The standard InChI is InChI=1S/C21H23N3O3/c25-21(22-14-18-15-26-11-12-27-18)19-13-20(16-7-3-1-4-8-16)24(23-19)17-9-5-2-6-10-17/h1-10,18,20H,11-15H2,(H,22,25)/t18-,20-/m1/s1. The van der Waals surface area contributed by atoms with Crippen LogP contribution in [0, 0.1) is 0 Å². The zero-order valence-electron chi connectivity index (χ0n) is 15.1. The maximum atomic E-state index is 12.7. The Hall–Kier alpha value is -2.70. The molecule has 4 rings (SSSR count). The van der Waals surface area contributed by atoms with E-state index in [2.05, 4.69) is 22.6 Å². The number of carbonyl (C=O) groups excluding carboxylic acids is 1. The molecule has 0 aromatic heterocycles. The van der Waals surface area contributed by atoms with Gasteiger partial charge in [-0.15, -0.1) is 0 Å². The first-order valence-corrected chi connectivity index (χ1v) is 9.25. The molecule has 2 heterocycles. The number of benzene rings is 2. The Balaban J connectivity index is 1.50. The summed E-state index contributed by atoms with van der Waals surface area (Å²) in [5.74, 6) is -0.150. The predicted octanol–water partition coefficient (Wildman–Crippen LogP) is 2.53. The SMILES string of the molecule is O=C(NC[C@@H]1COCCO1)C1=NN(c2ccccc2)[C@@H](c2ccccc2)C1. The molecule has 27 heavy (non-hydrogen) atoms. The van der Waals surface area contributed by atoms with Crippen LogP contribution in [-0.4, -0.2) is 44.1 Å². The van der Waals surface area contributed by atoms with Gasteiger partial charge < -0.3 is 14.8 Å². The van der Waals surface area contributed by atoms with Gasteiger partial charge in [0.1, 0.15) is 5.71 Å². The average molecular weight is 365 g/mol. The molecule has 2 aliphatic heterocycles. The number of hydrazone groups is 1. The molecule has 140 valence electrons. The number of carbonyl (C=O) groups is 1. The van der Waals surface area contributed by atoms with E-state index in [4.69, 9.17) is 9.47 Å². The van der Waals surface area contributed by atoms with Crippen LogP contribution in [0.3, 0.4) is 0 Å². The number of nitrogens with one attached hydrogen (secondary N) is 1. The average Bonchev–Trinajstić information content (AvgIpc) is 3.20. The van der Waals surface area contributed by atoms with Gasteiger partial charge in [-0.1, -0.05) is 48.5 Å². The van der Waals surface area contributed by atoms with Crippen molar-refractivity contribution < 1.29 is 14.3 Å². The molecule has 6 nitrogen and oxygen atoms in total. The van der Waals surface area contributed by atoms with Gasteiger partial charge in [0.2, 0.25) is 0 Å². The Bertz CT molecular complexity index is 789. The monoisotopic (exact) mass is 365 g/mol. The molecule has 2 aliphatic rings. The Kier molecular flexibility index (Phi) is 5.46. The van der Waals surface area contributed by atoms with Gasteiger partial charge in [0.15, 0.2) is 0 Å². The summed E-state index contributed by atoms with van der Waals surface area (Å²) in [6.45, 7) is 2.12. The summed E-state index contributed by atoms with van der Waals surface area (Å²) in [6.07, 6.45) is 0.465. The van der Waals surface area contributed by atoms with Crippen molar-refractivity contribution in [3.05, 3.63) is 66.2 Å². The summed E-state index contributed by atoms with van der Waals surface area (Å²) in [5, 5.41) is 9.52. The van der Waals surface area contributed by atoms with E-state index in [1.54, 1.807) is 0 Å². The Labute approximate surface area is 158 Å². The van der Waals surface area contributed by atoms with Crippen LogP contribution in [-0.2, 0) is 14.3 Å². The Morgan fingerprint density at radius 2 is 1.81 bits per heavy atom. The van der Waals surface area contributed by atoms with Crippen LogP contribution in [0.25, 0.3) is 0 Å². The molecule has 2 aromatic carbocycles. The summed E-state index contributed by atoms with van der Waals surface area (Å²) in [7, 11) is 0. The molecule has 2 aromatic rings. The third-order valence-electron chi connectivity index (χ3n) is 4.75. The first-order valence-electron chi connectivity index (χ1n) is 9.25. The minimum Gasteiger partial charge on any atom is -0.376 e. The van der Waals surface area contributed by atoms with E-state index >= 15 is 0 Å². The highest BCUT2D eigenvalue weighted by Gasteiger charge is 2.32. The summed E-state index contributed by atoms with van der Waals surface area (Å²) < 4.78 is 11.0. The molecule has 1 amide bonds. The molecular formula is C21H23N3O3. The van der Waals surface area contributed by atoms with E-state index in [-0.39, 0.29) is 18.1 Å². The highest BCUT2D eigenvalue weighted by molar-refractivity contribution is 6.39. The highest BCUT2D eigenvalue weighted by Crippen LogP contribution is 2.34. The van der Waals surface area contributed by atoms with Crippen molar-refractivity contribution >= 4 is 17.3 Å². The van der Waals surface area contributed by atoms with Crippen molar-refractivity contribution in [1.82, 2.24) is 5.32 Å². The maximum Gasteiger partial charge on any atom is 0.267 e. The lowest BCUT2D eigenvalue weighted by atomic mass is 10.0. The second-order valence-corrected chi connectivity index (χ2v) is 6.64. The molecule has 0 unspecified atom stereocenters. The van der Waals surface area contributed by atoms with E-state index in [9.17, 15) is 4.79 Å². The van der Waals surface area contributed by atoms with Crippen LogP contribution >= 0.6 is 0 Å². The normalized spacial score (nSPS) is 22.4. The van der Waals surface area contributed by atoms with Crippen molar-refractivity contribution in [1.29, 1.82) is 0 Å². The fourth-order valence-corrected chi connectivity index (χ4v) is 3.36. The molecule has 0 bridgehead atoms. The Morgan fingerprint density at radius 1 is 1.07 bits per heavy atom. The second-order valence-electron chi connectivity index (χ2n) is 6.64. The van der Waals surface area contributed by atoms with Crippen molar-refractivity contribution in [2.75, 3.05) is 31.4 Å². The van der Waals surface area contributed by atoms with Gasteiger partial charge in [-0.25, -0.2) is 0 Å².